The van der Waals surface area contributed by atoms with Crippen LogP contribution >= 0.6 is 31.9 Å². The van der Waals surface area contributed by atoms with Crippen molar-refractivity contribution in [3.05, 3.63) is 261 Å². The van der Waals surface area contributed by atoms with Crippen LogP contribution in [0.4, 0.5) is 34.1 Å². The number of rotatable bonds is 14. The van der Waals surface area contributed by atoms with Crippen LogP contribution in [0.25, 0.3) is 55.0 Å². The molecule has 10 aromatic carbocycles. The molecule has 0 atom stereocenters. The summed E-state index contributed by atoms with van der Waals surface area (Å²) in [7, 11) is 2.85. The summed E-state index contributed by atoms with van der Waals surface area (Å²) < 4.78 is 16.8. The van der Waals surface area contributed by atoms with Crippen molar-refractivity contribution >= 4 is 122 Å². The fourth-order valence-corrected chi connectivity index (χ4v) is 12.1. The highest BCUT2D eigenvalue weighted by molar-refractivity contribution is 9.10. The average molecular weight is 1210 g/mol. The third-order valence-electron chi connectivity index (χ3n) is 15.4. The molecule has 0 unspecified atom stereocenters. The van der Waals surface area contributed by atoms with Crippen LogP contribution in [0.15, 0.2) is 227 Å². The van der Waals surface area contributed by atoms with Gasteiger partial charge >= 0.3 is 11.9 Å². The monoisotopic (exact) mass is 1200 g/mol. The minimum absolute atomic E-state index is 0.214. The maximum absolute atomic E-state index is 11.9. The number of carbonyl (C=O) groups excluding carboxylic acids is 2. The van der Waals surface area contributed by atoms with E-state index in [1.54, 1.807) is 0 Å². The van der Waals surface area contributed by atoms with E-state index in [1.807, 2.05) is 12.1 Å². The Bertz CT molecular complexity index is 4040. The van der Waals surface area contributed by atoms with Gasteiger partial charge in [0.15, 0.2) is 0 Å². The molecule has 0 bridgehead atoms. The van der Waals surface area contributed by atoms with Gasteiger partial charge in [-0.1, -0.05) is 129 Å². The summed E-state index contributed by atoms with van der Waals surface area (Å²) in [5.74, 6) is -0.428. The minimum atomic E-state index is -0.214. The molecule has 12 aromatic rings. The number of halogens is 2. The lowest BCUT2D eigenvalue weighted by Crippen LogP contribution is -2.10. The first-order chi connectivity index (χ1) is 39.9. The Morgan fingerprint density at radius 3 is 1.01 bits per heavy atom. The molecule has 0 aliphatic rings. The van der Waals surface area contributed by atoms with Gasteiger partial charge in [-0.3, -0.25) is 9.59 Å². The largest absolute Gasteiger partial charge is 0.469 e. The zero-order valence-electron chi connectivity index (χ0n) is 46.8. The van der Waals surface area contributed by atoms with Crippen LogP contribution in [-0.4, -0.2) is 35.3 Å². The lowest BCUT2D eigenvalue weighted by molar-refractivity contribution is -0.141. The van der Waals surface area contributed by atoms with E-state index in [0.29, 0.717) is 25.7 Å². The second kappa shape index (κ2) is 24.2. The van der Waals surface area contributed by atoms with Crippen LogP contribution < -0.4 is 9.80 Å². The fourth-order valence-electron chi connectivity index (χ4n) is 11.4. The van der Waals surface area contributed by atoms with Crippen LogP contribution in [0, 0.1) is 27.7 Å². The maximum atomic E-state index is 11.9. The van der Waals surface area contributed by atoms with Crippen molar-refractivity contribution in [2.45, 2.75) is 53.4 Å². The molecule has 82 heavy (non-hydrogen) atoms. The predicted octanol–water partition coefficient (Wildman–Crippen LogP) is 19.5. The summed E-state index contributed by atoms with van der Waals surface area (Å²) in [5.41, 5.74) is 20.4. The summed E-state index contributed by atoms with van der Waals surface area (Å²) in [6, 6.07) is 77.2. The van der Waals surface area contributed by atoms with Gasteiger partial charge in [-0.2, -0.15) is 0 Å². The zero-order chi connectivity index (χ0) is 57.0. The van der Waals surface area contributed by atoms with Gasteiger partial charge in [0.1, 0.15) is 0 Å². The van der Waals surface area contributed by atoms with Crippen molar-refractivity contribution in [2.75, 3.05) is 24.0 Å². The Morgan fingerprint density at radius 2 is 0.671 bits per heavy atom. The Hall–Kier alpha value is -8.70. The Balaban J connectivity index is 0.000000254. The molecule has 8 nitrogen and oxygen atoms in total. The van der Waals surface area contributed by atoms with Crippen molar-refractivity contribution in [1.29, 1.82) is 0 Å². The molecular formula is C72H62Br2N4O4. The number of anilines is 6. The molecule has 0 fully saturated rings. The lowest BCUT2D eigenvalue weighted by Gasteiger charge is -2.26. The van der Waals surface area contributed by atoms with Crippen molar-refractivity contribution in [3.8, 4) is 11.4 Å². The number of ether oxygens (including phenoxy) is 2. The maximum Gasteiger partial charge on any atom is 0.305 e. The third kappa shape index (κ3) is 11.2. The first-order valence-electron chi connectivity index (χ1n) is 27.5. The Kier molecular flexibility index (Phi) is 16.3. The van der Waals surface area contributed by atoms with Crippen LogP contribution in [0.3, 0.4) is 0 Å². The highest BCUT2D eigenvalue weighted by Crippen LogP contribution is 2.44. The molecule has 0 N–H and O–H groups in total. The van der Waals surface area contributed by atoms with E-state index in [0.717, 1.165) is 76.0 Å². The highest BCUT2D eigenvalue weighted by Gasteiger charge is 2.22. The number of benzene rings is 10. The molecule has 2 aromatic heterocycles. The van der Waals surface area contributed by atoms with E-state index in [2.05, 4.69) is 285 Å². The zero-order valence-corrected chi connectivity index (χ0v) is 50.0. The molecular weight excluding hydrogens is 1140 g/mol. The van der Waals surface area contributed by atoms with Gasteiger partial charge in [0, 0.05) is 77.5 Å². The molecule has 408 valence electrons. The molecule has 2 heterocycles. The summed E-state index contributed by atoms with van der Waals surface area (Å²) in [5, 5.41) is 4.78. The number of para-hydroxylation sites is 4. The molecule has 0 radical (unpaired) electrons. The van der Waals surface area contributed by atoms with E-state index in [4.69, 9.17) is 9.47 Å². The molecule has 10 heteroatoms. The lowest BCUT2D eigenvalue weighted by atomic mass is 10.1. The Labute approximate surface area is 496 Å². The fraction of sp³-hybridized carbons (Fsp3) is 0.139. The van der Waals surface area contributed by atoms with E-state index in [1.165, 1.54) is 69.7 Å². The predicted molar refractivity (Wildman–Crippen MR) is 346 cm³/mol. The molecule has 0 spiro atoms. The van der Waals surface area contributed by atoms with E-state index in [9.17, 15) is 9.59 Å². The van der Waals surface area contributed by atoms with E-state index >= 15 is 0 Å². The molecule has 0 aliphatic heterocycles. The van der Waals surface area contributed by atoms with Gasteiger partial charge in [0.2, 0.25) is 0 Å². The van der Waals surface area contributed by atoms with Crippen LogP contribution in [0.1, 0.15) is 46.2 Å². The molecule has 0 amide bonds. The third-order valence-corrected chi connectivity index (χ3v) is 16.4. The highest BCUT2D eigenvalue weighted by atomic mass is 79.9. The van der Waals surface area contributed by atoms with Crippen molar-refractivity contribution < 1.29 is 19.1 Å². The van der Waals surface area contributed by atoms with Crippen molar-refractivity contribution in [3.63, 3.8) is 0 Å². The number of nitrogens with zero attached hydrogens (tertiary/aromatic N) is 4. The van der Waals surface area contributed by atoms with Gasteiger partial charge in [-0.25, -0.2) is 0 Å². The topological polar surface area (TPSA) is 68.9 Å². The standard InChI is InChI=1S/C52H47N3O4.C20H15Br2N/c1-36-12-11-13-37(2)52(36)55-48-30-28-44(53(40-14-7-5-8-15-40)42-24-18-38(19-25-42)22-32-50(56)58-3)34-46(48)47-35-45(29-31-49(47)55)54(41-16-9-6-10-17-41)43-26-20-39(21-27-43)23-33-51(57)59-4;1-12-4-3-5-13(2)20(12)23-18-8-6-14(21)10-16(18)17-11-15(22)7-9-19(17)23/h5-21,24-31,34-35H,22-23,32-33H2,1-4H3;3-11H,1-2H3. The number of carbonyl (C=O) groups is 2. The normalized spacial score (nSPS) is 11.2. The summed E-state index contributed by atoms with van der Waals surface area (Å²) >= 11 is 7.22. The SMILES string of the molecule is COC(=O)CCc1ccc(N(c2ccccc2)c2ccc3c(c2)c2cc(N(c4ccccc4)c4ccc(CCC(=O)OC)cc4)ccc2n3-c2c(C)cccc2C)cc1.Cc1cccc(C)c1-n1c2ccc(Br)cc2c2cc(Br)ccc21. The second-order valence-electron chi connectivity index (χ2n) is 20.7. The smallest absolute Gasteiger partial charge is 0.305 e. The number of esters is 2. The number of hydrogen-bond donors (Lipinski definition) is 0. The molecule has 12 rings (SSSR count). The van der Waals surface area contributed by atoms with Crippen LogP contribution in [0.5, 0.6) is 0 Å². The molecule has 0 aliphatic carbocycles. The number of hydrogen-bond acceptors (Lipinski definition) is 6. The van der Waals surface area contributed by atoms with Gasteiger partial charge in [-0.05, 0) is 195 Å². The first-order valence-corrected chi connectivity index (χ1v) is 29.1. The number of aromatic nitrogens is 2. The number of methoxy groups -OCH3 is 2. The van der Waals surface area contributed by atoms with Crippen LogP contribution in [0.2, 0.25) is 0 Å². The first kappa shape index (κ1) is 55.2. The summed E-state index contributed by atoms with van der Waals surface area (Å²) in [4.78, 5) is 28.3. The van der Waals surface area contributed by atoms with Gasteiger partial charge < -0.3 is 28.4 Å². The van der Waals surface area contributed by atoms with Crippen molar-refractivity contribution in [1.82, 2.24) is 9.13 Å². The van der Waals surface area contributed by atoms with Gasteiger partial charge in [0.05, 0.1) is 47.7 Å². The average Bonchev–Trinajstić information content (AvgIpc) is 4.21. The van der Waals surface area contributed by atoms with Gasteiger partial charge in [0.25, 0.3) is 0 Å². The minimum Gasteiger partial charge on any atom is -0.469 e. The molecule has 0 saturated heterocycles. The number of aryl methyl sites for hydroxylation is 6. The van der Waals surface area contributed by atoms with Crippen LogP contribution in [-0.2, 0) is 31.9 Å². The van der Waals surface area contributed by atoms with E-state index in [-0.39, 0.29) is 11.9 Å². The molecule has 0 saturated carbocycles. The Morgan fingerprint density at radius 1 is 0.366 bits per heavy atom. The van der Waals surface area contributed by atoms with Gasteiger partial charge in [-0.15, -0.1) is 0 Å². The second-order valence-corrected chi connectivity index (χ2v) is 22.5. The summed E-state index contributed by atoms with van der Waals surface area (Å²) in [6.07, 6.45) is 1.91. The number of fused-ring (bicyclic) bond motifs is 6. The quantitative estimate of drug-likeness (QED) is 0.101. The van der Waals surface area contributed by atoms with Crippen molar-refractivity contribution in [2.24, 2.45) is 0 Å². The summed E-state index contributed by atoms with van der Waals surface area (Å²) in [6.45, 7) is 8.72. The van der Waals surface area contributed by atoms with E-state index < -0.39 is 0 Å².